The highest BCUT2D eigenvalue weighted by Crippen LogP contribution is 2.33. The Labute approximate surface area is 99.2 Å². The Morgan fingerprint density at radius 1 is 1.47 bits per heavy atom. The standard InChI is InChI=1S/C11H14FNO3S/c12-8-1-2-9(10(13)5-8)11(14)7-3-4-17(15,16)6-7/h1-2,5,7,11,14H,3-4,6,13H2. The van der Waals surface area contributed by atoms with E-state index in [-0.39, 0.29) is 23.1 Å². The first-order valence-electron chi connectivity index (χ1n) is 5.32. The molecule has 0 aliphatic carbocycles. The molecule has 2 rings (SSSR count). The van der Waals surface area contributed by atoms with Gasteiger partial charge >= 0.3 is 0 Å². The van der Waals surface area contributed by atoms with Crippen LogP contribution < -0.4 is 5.73 Å². The minimum Gasteiger partial charge on any atom is -0.398 e. The van der Waals surface area contributed by atoms with Crippen LogP contribution in [-0.4, -0.2) is 25.0 Å². The summed E-state index contributed by atoms with van der Waals surface area (Å²) in [7, 11) is -3.04. The van der Waals surface area contributed by atoms with E-state index in [0.717, 1.165) is 6.07 Å². The van der Waals surface area contributed by atoms with Gasteiger partial charge in [-0.3, -0.25) is 0 Å². The van der Waals surface area contributed by atoms with E-state index in [2.05, 4.69) is 0 Å². The molecule has 1 aromatic rings. The molecule has 1 aromatic carbocycles. The van der Waals surface area contributed by atoms with Crippen LogP contribution in [0.4, 0.5) is 10.1 Å². The second-order valence-corrected chi connectivity index (χ2v) is 6.61. The zero-order valence-electron chi connectivity index (χ0n) is 9.14. The molecule has 1 aliphatic rings. The number of halogens is 1. The second-order valence-electron chi connectivity index (χ2n) is 4.38. The maximum atomic E-state index is 12.9. The third-order valence-corrected chi connectivity index (χ3v) is 4.88. The van der Waals surface area contributed by atoms with Gasteiger partial charge in [0.1, 0.15) is 5.82 Å². The molecular formula is C11H14FNO3S. The van der Waals surface area contributed by atoms with E-state index in [9.17, 15) is 17.9 Å². The van der Waals surface area contributed by atoms with Gasteiger partial charge in [-0.25, -0.2) is 12.8 Å². The van der Waals surface area contributed by atoms with Crippen molar-refractivity contribution in [2.45, 2.75) is 12.5 Å². The van der Waals surface area contributed by atoms with Gasteiger partial charge in [-0.05, 0) is 18.6 Å². The molecule has 4 nitrogen and oxygen atoms in total. The Balaban J connectivity index is 2.23. The molecule has 0 amide bonds. The third-order valence-electron chi connectivity index (χ3n) is 3.08. The molecule has 1 saturated heterocycles. The van der Waals surface area contributed by atoms with Crippen molar-refractivity contribution < 1.29 is 17.9 Å². The summed E-state index contributed by atoms with van der Waals surface area (Å²) in [6.45, 7) is 0. The summed E-state index contributed by atoms with van der Waals surface area (Å²) in [6, 6.07) is 3.74. The summed E-state index contributed by atoms with van der Waals surface area (Å²) in [5, 5.41) is 10.1. The molecule has 0 spiro atoms. The topological polar surface area (TPSA) is 80.4 Å². The highest BCUT2D eigenvalue weighted by molar-refractivity contribution is 7.91. The molecule has 6 heteroatoms. The molecule has 0 aromatic heterocycles. The van der Waals surface area contributed by atoms with Crippen LogP contribution in [0.1, 0.15) is 18.1 Å². The van der Waals surface area contributed by atoms with Gasteiger partial charge in [0, 0.05) is 17.2 Å². The molecule has 17 heavy (non-hydrogen) atoms. The highest BCUT2D eigenvalue weighted by atomic mass is 32.2. The van der Waals surface area contributed by atoms with Gasteiger partial charge in [-0.15, -0.1) is 0 Å². The lowest BCUT2D eigenvalue weighted by atomic mass is 9.94. The van der Waals surface area contributed by atoms with Crippen LogP contribution in [0.25, 0.3) is 0 Å². The fraction of sp³-hybridized carbons (Fsp3) is 0.455. The molecule has 1 aliphatic heterocycles. The van der Waals surface area contributed by atoms with E-state index in [0.29, 0.717) is 12.0 Å². The lowest BCUT2D eigenvalue weighted by Crippen LogP contribution is -2.15. The van der Waals surface area contributed by atoms with Crippen LogP contribution in [-0.2, 0) is 9.84 Å². The number of hydrogen-bond donors (Lipinski definition) is 2. The van der Waals surface area contributed by atoms with Gasteiger partial charge < -0.3 is 10.8 Å². The first kappa shape index (κ1) is 12.3. The Hall–Kier alpha value is -1.14. The van der Waals surface area contributed by atoms with Crippen molar-refractivity contribution in [2.75, 3.05) is 17.2 Å². The quantitative estimate of drug-likeness (QED) is 0.772. The van der Waals surface area contributed by atoms with Crippen LogP contribution in [0, 0.1) is 11.7 Å². The number of hydrogen-bond acceptors (Lipinski definition) is 4. The average molecular weight is 259 g/mol. The Bertz CT molecular complexity index is 530. The normalized spacial score (nSPS) is 24.7. The maximum absolute atomic E-state index is 12.9. The minimum absolute atomic E-state index is 0.0367. The number of nitrogens with two attached hydrogens (primary N) is 1. The largest absolute Gasteiger partial charge is 0.398 e. The minimum atomic E-state index is -3.04. The van der Waals surface area contributed by atoms with Gasteiger partial charge in [-0.2, -0.15) is 0 Å². The molecule has 2 unspecified atom stereocenters. The number of aliphatic hydroxyl groups is 1. The third kappa shape index (κ3) is 2.58. The summed E-state index contributed by atoms with van der Waals surface area (Å²) in [5.41, 5.74) is 6.16. The van der Waals surface area contributed by atoms with Crippen molar-refractivity contribution in [3.8, 4) is 0 Å². The predicted molar refractivity (Wildman–Crippen MR) is 62.5 cm³/mol. The van der Waals surface area contributed by atoms with E-state index < -0.39 is 21.8 Å². The first-order chi connectivity index (χ1) is 7.89. The smallest absolute Gasteiger partial charge is 0.150 e. The van der Waals surface area contributed by atoms with Crippen molar-refractivity contribution in [3.63, 3.8) is 0 Å². The summed E-state index contributed by atoms with van der Waals surface area (Å²) >= 11 is 0. The van der Waals surface area contributed by atoms with Crippen molar-refractivity contribution in [2.24, 2.45) is 5.92 Å². The number of rotatable bonds is 2. The summed E-state index contributed by atoms with van der Waals surface area (Å²) in [5.74, 6) is -0.772. The number of benzene rings is 1. The lowest BCUT2D eigenvalue weighted by Gasteiger charge is -2.18. The van der Waals surface area contributed by atoms with Gasteiger partial charge in [0.25, 0.3) is 0 Å². The summed E-state index contributed by atoms with van der Waals surface area (Å²) < 4.78 is 35.5. The van der Waals surface area contributed by atoms with E-state index in [1.165, 1.54) is 12.1 Å². The van der Waals surface area contributed by atoms with Crippen LogP contribution in [0.5, 0.6) is 0 Å². The van der Waals surface area contributed by atoms with Crippen molar-refractivity contribution in [1.29, 1.82) is 0 Å². The highest BCUT2D eigenvalue weighted by Gasteiger charge is 2.34. The second kappa shape index (κ2) is 4.27. The van der Waals surface area contributed by atoms with E-state index in [1.807, 2.05) is 0 Å². The van der Waals surface area contributed by atoms with Gasteiger partial charge in [0.15, 0.2) is 9.84 Å². The fourth-order valence-electron chi connectivity index (χ4n) is 2.14. The van der Waals surface area contributed by atoms with Crippen LogP contribution in [0.3, 0.4) is 0 Å². The predicted octanol–water partition coefficient (Wildman–Crippen LogP) is 0.876. The van der Waals surface area contributed by atoms with Crippen molar-refractivity contribution in [1.82, 2.24) is 0 Å². The number of sulfone groups is 1. The number of nitrogen functional groups attached to an aromatic ring is 1. The average Bonchev–Trinajstić information content (AvgIpc) is 2.58. The Kier molecular flexibility index (Phi) is 3.09. The maximum Gasteiger partial charge on any atom is 0.150 e. The lowest BCUT2D eigenvalue weighted by molar-refractivity contribution is 0.121. The molecule has 3 N–H and O–H groups in total. The van der Waals surface area contributed by atoms with Gasteiger partial charge in [0.2, 0.25) is 0 Å². The Morgan fingerprint density at radius 2 is 2.18 bits per heavy atom. The Morgan fingerprint density at radius 3 is 2.71 bits per heavy atom. The molecular weight excluding hydrogens is 245 g/mol. The van der Waals surface area contributed by atoms with Crippen molar-refractivity contribution >= 4 is 15.5 Å². The monoisotopic (exact) mass is 259 g/mol. The van der Waals surface area contributed by atoms with E-state index >= 15 is 0 Å². The number of anilines is 1. The molecule has 0 saturated carbocycles. The van der Waals surface area contributed by atoms with Crippen LogP contribution in [0.15, 0.2) is 18.2 Å². The van der Waals surface area contributed by atoms with E-state index in [1.54, 1.807) is 0 Å². The molecule has 1 heterocycles. The van der Waals surface area contributed by atoms with Crippen LogP contribution >= 0.6 is 0 Å². The van der Waals surface area contributed by atoms with Crippen LogP contribution in [0.2, 0.25) is 0 Å². The number of aliphatic hydroxyl groups excluding tert-OH is 1. The van der Waals surface area contributed by atoms with Crippen molar-refractivity contribution in [3.05, 3.63) is 29.6 Å². The summed E-state index contributed by atoms with van der Waals surface area (Å²) in [6.07, 6.45) is -0.534. The molecule has 94 valence electrons. The zero-order valence-corrected chi connectivity index (χ0v) is 9.95. The molecule has 2 atom stereocenters. The SMILES string of the molecule is Nc1cc(F)ccc1C(O)C1CCS(=O)(=O)C1. The fourth-order valence-corrected chi connectivity index (χ4v) is 3.97. The summed E-state index contributed by atoms with van der Waals surface area (Å²) in [4.78, 5) is 0. The van der Waals surface area contributed by atoms with Gasteiger partial charge in [-0.1, -0.05) is 6.07 Å². The molecule has 0 radical (unpaired) electrons. The zero-order chi connectivity index (χ0) is 12.6. The molecule has 0 bridgehead atoms. The van der Waals surface area contributed by atoms with Gasteiger partial charge in [0.05, 0.1) is 17.6 Å². The first-order valence-corrected chi connectivity index (χ1v) is 7.14. The molecule has 1 fully saturated rings. The van der Waals surface area contributed by atoms with E-state index in [4.69, 9.17) is 5.73 Å².